The molecular formula is C11H23ClN4. The van der Waals surface area contributed by atoms with Gasteiger partial charge in [-0.2, -0.15) is 5.10 Å². The Bertz CT molecular complexity index is 298. The van der Waals surface area contributed by atoms with Gasteiger partial charge in [0, 0.05) is 36.9 Å². The second kappa shape index (κ2) is 6.89. The summed E-state index contributed by atoms with van der Waals surface area (Å²) >= 11 is 0. The SMILES string of the molecule is CC(CN)N(C)Cc1cnn(C(C)C)c1.Cl. The van der Waals surface area contributed by atoms with Crippen molar-refractivity contribution in [3.05, 3.63) is 18.0 Å². The lowest BCUT2D eigenvalue weighted by atomic mass is 10.2. The van der Waals surface area contributed by atoms with E-state index in [1.807, 2.05) is 10.9 Å². The summed E-state index contributed by atoms with van der Waals surface area (Å²) in [6, 6.07) is 0.836. The highest BCUT2D eigenvalue weighted by Gasteiger charge is 2.09. The van der Waals surface area contributed by atoms with Crippen molar-refractivity contribution in [2.24, 2.45) is 5.73 Å². The summed E-state index contributed by atoms with van der Waals surface area (Å²) in [6.45, 7) is 7.98. The molecule has 4 nitrogen and oxygen atoms in total. The zero-order chi connectivity index (χ0) is 11.4. The third-order valence-electron chi connectivity index (χ3n) is 2.71. The Hall–Kier alpha value is -0.580. The van der Waals surface area contributed by atoms with E-state index in [1.54, 1.807) is 0 Å². The van der Waals surface area contributed by atoms with Crippen LogP contribution in [0.5, 0.6) is 0 Å². The number of hydrogen-bond acceptors (Lipinski definition) is 3. The van der Waals surface area contributed by atoms with Crippen molar-refractivity contribution in [1.29, 1.82) is 0 Å². The van der Waals surface area contributed by atoms with Crippen LogP contribution in [0.25, 0.3) is 0 Å². The lowest BCUT2D eigenvalue weighted by Gasteiger charge is -2.22. The van der Waals surface area contributed by atoms with E-state index in [-0.39, 0.29) is 12.4 Å². The standard InChI is InChI=1S/C11H22N4.ClH/c1-9(2)15-8-11(6-13-15)7-14(4)10(3)5-12;/h6,8-10H,5,7,12H2,1-4H3;1H. The maximum absolute atomic E-state index is 5.62. The zero-order valence-electron chi connectivity index (χ0n) is 10.6. The number of nitrogens with two attached hydrogens (primary N) is 1. The number of nitrogens with zero attached hydrogens (tertiary/aromatic N) is 3. The van der Waals surface area contributed by atoms with Gasteiger partial charge in [0.1, 0.15) is 0 Å². The van der Waals surface area contributed by atoms with E-state index in [9.17, 15) is 0 Å². The summed E-state index contributed by atoms with van der Waals surface area (Å²) < 4.78 is 1.98. The summed E-state index contributed by atoms with van der Waals surface area (Å²) in [5, 5.41) is 4.31. The zero-order valence-corrected chi connectivity index (χ0v) is 11.4. The Balaban J connectivity index is 0.00000225. The first-order chi connectivity index (χ1) is 7.04. The van der Waals surface area contributed by atoms with Crippen LogP contribution in [0.15, 0.2) is 12.4 Å². The molecule has 1 unspecified atom stereocenters. The van der Waals surface area contributed by atoms with Gasteiger partial charge < -0.3 is 5.73 Å². The molecule has 0 aromatic carbocycles. The molecule has 0 saturated carbocycles. The third-order valence-corrected chi connectivity index (χ3v) is 2.71. The predicted molar refractivity (Wildman–Crippen MR) is 69.8 cm³/mol. The van der Waals surface area contributed by atoms with Gasteiger partial charge >= 0.3 is 0 Å². The second-order valence-electron chi connectivity index (χ2n) is 4.42. The molecule has 0 aliphatic heterocycles. The van der Waals surface area contributed by atoms with Gasteiger partial charge in [0.2, 0.25) is 0 Å². The number of rotatable bonds is 5. The summed E-state index contributed by atoms with van der Waals surface area (Å²) in [5.41, 5.74) is 6.86. The highest BCUT2D eigenvalue weighted by atomic mass is 35.5. The van der Waals surface area contributed by atoms with Crippen LogP contribution in [0.4, 0.5) is 0 Å². The third kappa shape index (κ3) is 4.12. The molecule has 0 spiro atoms. The molecule has 0 bridgehead atoms. The minimum Gasteiger partial charge on any atom is -0.329 e. The van der Waals surface area contributed by atoms with Crippen LogP contribution in [-0.4, -0.2) is 34.3 Å². The van der Waals surface area contributed by atoms with Gasteiger partial charge in [-0.3, -0.25) is 9.58 Å². The predicted octanol–water partition coefficient (Wildman–Crippen LogP) is 1.66. The van der Waals surface area contributed by atoms with Crippen LogP contribution in [0, 0.1) is 0 Å². The van der Waals surface area contributed by atoms with Crippen molar-refractivity contribution in [3.8, 4) is 0 Å². The van der Waals surface area contributed by atoms with Crippen LogP contribution in [0.3, 0.4) is 0 Å². The summed E-state index contributed by atoms with van der Waals surface area (Å²) in [4.78, 5) is 2.24. The first-order valence-electron chi connectivity index (χ1n) is 5.48. The highest BCUT2D eigenvalue weighted by molar-refractivity contribution is 5.85. The van der Waals surface area contributed by atoms with Crippen LogP contribution < -0.4 is 5.73 Å². The van der Waals surface area contributed by atoms with Crippen molar-refractivity contribution in [2.75, 3.05) is 13.6 Å². The van der Waals surface area contributed by atoms with Gasteiger partial charge in [-0.1, -0.05) is 0 Å². The molecule has 1 aromatic heterocycles. The summed E-state index contributed by atoms with van der Waals surface area (Å²) in [5.74, 6) is 0. The maximum atomic E-state index is 5.62. The average Bonchev–Trinajstić information content (AvgIpc) is 2.65. The first kappa shape index (κ1) is 15.4. The topological polar surface area (TPSA) is 47.1 Å². The Kier molecular flexibility index (Phi) is 6.64. The largest absolute Gasteiger partial charge is 0.329 e. The number of halogens is 1. The molecular weight excluding hydrogens is 224 g/mol. The fraction of sp³-hybridized carbons (Fsp3) is 0.727. The minimum absolute atomic E-state index is 0. The molecule has 1 atom stereocenters. The van der Waals surface area contributed by atoms with E-state index in [1.165, 1.54) is 5.56 Å². The fourth-order valence-corrected chi connectivity index (χ4v) is 1.37. The van der Waals surface area contributed by atoms with Crippen molar-refractivity contribution >= 4 is 12.4 Å². The fourth-order valence-electron chi connectivity index (χ4n) is 1.37. The molecule has 1 aromatic rings. The molecule has 0 aliphatic rings. The van der Waals surface area contributed by atoms with E-state index in [2.05, 4.69) is 44.0 Å². The molecule has 0 aliphatic carbocycles. The van der Waals surface area contributed by atoms with Crippen molar-refractivity contribution in [3.63, 3.8) is 0 Å². The van der Waals surface area contributed by atoms with Gasteiger partial charge in [0.25, 0.3) is 0 Å². The van der Waals surface area contributed by atoms with Gasteiger partial charge in [-0.25, -0.2) is 0 Å². The minimum atomic E-state index is 0. The molecule has 0 amide bonds. The lowest BCUT2D eigenvalue weighted by molar-refractivity contribution is 0.254. The smallest absolute Gasteiger partial charge is 0.0534 e. The average molecular weight is 247 g/mol. The molecule has 1 rings (SSSR count). The normalized spacial score (nSPS) is 12.9. The molecule has 0 saturated heterocycles. The van der Waals surface area contributed by atoms with Crippen LogP contribution in [0.2, 0.25) is 0 Å². The molecule has 0 radical (unpaired) electrons. The second-order valence-corrected chi connectivity index (χ2v) is 4.42. The first-order valence-corrected chi connectivity index (χ1v) is 5.48. The Labute approximate surface area is 104 Å². The number of likely N-dealkylation sites (N-methyl/N-ethyl adjacent to an activating group) is 1. The summed E-state index contributed by atoms with van der Waals surface area (Å²) in [7, 11) is 2.09. The monoisotopic (exact) mass is 246 g/mol. The van der Waals surface area contributed by atoms with Crippen molar-refractivity contribution in [2.45, 2.75) is 39.4 Å². The molecule has 1 heterocycles. The Morgan fingerprint density at radius 2 is 2.06 bits per heavy atom. The van der Waals surface area contributed by atoms with E-state index in [0.29, 0.717) is 18.6 Å². The van der Waals surface area contributed by atoms with E-state index in [4.69, 9.17) is 5.73 Å². The van der Waals surface area contributed by atoms with Gasteiger partial charge in [0.15, 0.2) is 0 Å². The number of hydrogen-bond donors (Lipinski definition) is 1. The van der Waals surface area contributed by atoms with Gasteiger partial charge in [-0.05, 0) is 27.8 Å². The van der Waals surface area contributed by atoms with E-state index < -0.39 is 0 Å². The quantitative estimate of drug-likeness (QED) is 0.860. The Morgan fingerprint density at radius 1 is 1.44 bits per heavy atom. The van der Waals surface area contributed by atoms with Crippen LogP contribution >= 0.6 is 12.4 Å². The van der Waals surface area contributed by atoms with Gasteiger partial charge in [-0.15, -0.1) is 12.4 Å². The molecule has 16 heavy (non-hydrogen) atoms. The highest BCUT2D eigenvalue weighted by Crippen LogP contribution is 2.08. The van der Waals surface area contributed by atoms with Crippen molar-refractivity contribution < 1.29 is 0 Å². The number of aromatic nitrogens is 2. The molecule has 94 valence electrons. The van der Waals surface area contributed by atoms with E-state index >= 15 is 0 Å². The lowest BCUT2D eigenvalue weighted by Crippen LogP contribution is -2.34. The molecule has 2 N–H and O–H groups in total. The molecule has 5 heteroatoms. The van der Waals surface area contributed by atoms with E-state index in [0.717, 1.165) is 6.54 Å². The van der Waals surface area contributed by atoms with Crippen LogP contribution in [0.1, 0.15) is 32.4 Å². The maximum Gasteiger partial charge on any atom is 0.0534 e. The molecule has 0 fully saturated rings. The summed E-state index contributed by atoms with van der Waals surface area (Å²) in [6.07, 6.45) is 4.03. The van der Waals surface area contributed by atoms with Gasteiger partial charge in [0.05, 0.1) is 6.20 Å². The Morgan fingerprint density at radius 3 is 2.50 bits per heavy atom. The van der Waals surface area contributed by atoms with Crippen molar-refractivity contribution in [1.82, 2.24) is 14.7 Å². The van der Waals surface area contributed by atoms with Crippen LogP contribution in [-0.2, 0) is 6.54 Å².